The van der Waals surface area contributed by atoms with Crippen molar-refractivity contribution in [2.75, 3.05) is 20.1 Å². The van der Waals surface area contributed by atoms with Crippen LogP contribution in [0, 0.1) is 5.92 Å². The third-order valence-electron chi connectivity index (χ3n) is 8.35. The van der Waals surface area contributed by atoms with Gasteiger partial charge >= 0.3 is 0 Å². The van der Waals surface area contributed by atoms with Crippen LogP contribution >= 0.6 is 0 Å². The number of allylic oxidation sites excluding steroid dienone is 5. The lowest BCUT2D eigenvalue weighted by Crippen LogP contribution is -2.45. The minimum atomic E-state index is -0.577. The first-order chi connectivity index (χ1) is 20.2. The number of aliphatic imine (C=N–C) groups is 1. The normalized spacial score (nSPS) is 16.1. The van der Waals surface area contributed by atoms with E-state index < -0.39 is 5.54 Å². The fourth-order valence-electron chi connectivity index (χ4n) is 5.40. The number of carbonyl (C=O) groups excluding carboxylic acids is 1. The number of amides is 1. The molecule has 0 aliphatic carbocycles. The molecule has 3 rings (SSSR count). The van der Waals surface area contributed by atoms with Gasteiger partial charge in [-0.25, -0.2) is 4.99 Å². The van der Waals surface area contributed by atoms with Gasteiger partial charge in [0.1, 0.15) is 11.4 Å². The van der Waals surface area contributed by atoms with Crippen molar-refractivity contribution in [3.63, 3.8) is 0 Å². The molecule has 1 amide bonds. The van der Waals surface area contributed by atoms with E-state index in [1.54, 1.807) is 0 Å². The van der Waals surface area contributed by atoms with Crippen molar-refractivity contribution in [3.05, 3.63) is 126 Å². The molecule has 1 heterocycles. The zero-order valence-corrected chi connectivity index (χ0v) is 26.0. The van der Waals surface area contributed by atoms with Gasteiger partial charge in [-0.1, -0.05) is 99.0 Å². The summed E-state index contributed by atoms with van der Waals surface area (Å²) in [6.45, 7) is 20.4. The Bertz CT molecular complexity index is 1300. The van der Waals surface area contributed by atoms with Gasteiger partial charge in [-0.15, -0.1) is 0 Å². The highest BCUT2D eigenvalue weighted by atomic mass is 16.2. The highest BCUT2D eigenvalue weighted by Crippen LogP contribution is 2.38. The Kier molecular flexibility index (Phi) is 12.2. The summed E-state index contributed by atoms with van der Waals surface area (Å²) in [4.78, 5) is 21.8. The van der Waals surface area contributed by atoms with Crippen molar-refractivity contribution >= 4 is 18.2 Å². The van der Waals surface area contributed by atoms with E-state index in [0.717, 1.165) is 67.6 Å². The van der Waals surface area contributed by atoms with Crippen LogP contribution in [0.1, 0.15) is 63.1 Å². The molecule has 42 heavy (non-hydrogen) atoms. The lowest BCUT2D eigenvalue weighted by Gasteiger charge is -2.44. The van der Waals surface area contributed by atoms with Crippen LogP contribution < -0.4 is 5.32 Å². The van der Waals surface area contributed by atoms with Gasteiger partial charge in [-0.05, 0) is 74.9 Å². The second-order valence-electron chi connectivity index (χ2n) is 11.2. The van der Waals surface area contributed by atoms with Gasteiger partial charge < -0.3 is 15.1 Å². The summed E-state index contributed by atoms with van der Waals surface area (Å²) in [5.41, 5.74) is 4.99. The first-order valence-corrected chi connectivity index (χ1v) is 15.0. The van der Waals surface area contributed by atoms with Crippen LogP contribution in [-0.4, -0.2) is 42.6 Å². The zero-order chi connectivity index (χ0) is 30.5. The molecule has 1 aliphatic heterocycles. The first kappa shape index (κ1) is 32.4. The summed E-state index contributed by atoms with van der Waals surface area (Å²) in [5.74, 6) is 0.236. The van der Waals surface area contributed by atoms with Crippen molar-refractivity contribution < 1.29 is 4.79 Å². The molecule has 0 spiro atoms. The topological polar surface area (TPSA) is 47.9 Å². The van der Waals surface area contributed by atoms with Crippen molar-refractivity contribution in [1.82, 2.24) is 15.1 Å². The highest BCUT2D eigenvalue weighted by Gasteiger charge is 2.37. The molecule has 0 aromatic heterocycles. The van der Waals surface area contributed by atoms with Crippen molar-refractivity contribution in [3.8, 4) is 0 Å². The van der Waals surface area contributed by atoms with Crippen LogP contribution in [-0.2, 0) is 16.8 Å². The average molecular weight is 565 g/mol. The van der Waals surface area contributed by atoms with Crippen LogP contribution in [0.3, 0.4) is 0 Å². The van der Waals surface area contributed by atoms with Gasteiger partial charge in [0.25, 0.3) is 0 Å². The Morgan fingerprint density at radius 2 is 1.81 bits per heavy atom. The lowest BCUT2D eigenvalue weighted by molar-refractivity contribution is -0.124. The maximum atomic E-state index is 13.1. The molecule has 2 aromatic rings. The number of rotatable bonds is 15. The summed E-state index contributed by atoms with van der Waals surface area (Å²) >= 11 is 0. The van der Waals surface area contributed by atoms with Gasteiger partial charge in [-0.3, -0.25) is 4.79 Å². The van der Waals surface area contributed by atoms with E-state index in [4.69, 9.17) is 0 Å². The maximum absolute atomic E-state index is 13.1. The predicted octanol–water partition coefficient (Wildman–Crippen LogP) is 7.86. The third kappa shape index (κ3) is 8.22. The molecule has 0 saturated carbocycles. The molecule has 2 atom stereocenters. The lowest BCUT2D eigenvalue weighted by atomic mass is 9.85. The number of carbonyl (C=O) groups is 1. The van der Waals surface area contributed by atoms with E-state index in [2.05, 4.69) is 102 Å². The van der Waals surface area contributed by atoms with Crippen LogP contribution in [0.4, 0.5) is 0 Å². The smallest absolute Gasteiger partial charge is 0.228 e. The molecule has 1 saturated heterocycles. The van der Waals surface area contributed by atoms with Crippen molar-refractivity contribution in [2.24, 2.45) is 10.9 Å². The molecule has 5 nitrogen and oxygen atoms in total. The number of likely N-dealkylation sites (N-methyl/N-ethyl adjacent to an activating group) is 1. The fraction of sp³-hybridized carbons (Fsp3) is 0.351. The zero-order valence-electron chi connectivity index (χ0n) is 26.0. The van der Waals surface area contributed by atoms with Gasteiger partial charge in [-0.2, -0.15) is 0 Å². The monoisotopic (exact) mass is 564 g/mol. The molecule has 1 N–H and O–H groups in total. The first-order valence-electron chi connectivity index (χ1n) is 15.0. The number of likely N-dealkylation sites (tertiary alicyclic amines) is 1. The maximum Gasteiger partial charge on any atom is 0.228 e. The largest absolute Gasteiger partial charge is 0.373 e. The third-order valence-corrected chi connectivity index (χ3v) is 8.35. The number of aryl methyl sites for hydroxylation is 1. The standard InChI is InChI=1S/C37H48N4O/c1-8-10-21-32(9-2)33-22-24-34(25-23-33)37(5,30(4)41-26-14-15-27-41)40(7)28-35(38-6)39-36(42)29(3)17-16-20-31-18-12-11-13-19-31/h8-13,18-19,21-25,28-29H,2,4,6,14-17,20,26-27H2,1,3,5,7H3,(H,39,42)/b10-8-,32-21+,35-28+. The Morgan fingerprint density at radius 1 is 1.14 bits per heavy atom. The van der Waals surface area contributed by atoms with E-state index in [1.165, 1.54) is 5.56 Å². The van der Waals surface area contributed by atoms with Gasteiger partial charge in [0.15, 0.2) is 0 Å². The van der Waals surface area contributed by atoms with Crippen molar-refractivity contribution in [1.29, 1.82) is 0 Å². The molecule has 1 fully saturated rings. The van der Waals surface area contributed by atoms with E-state index in [1.807, 2.05) is 51.4 Å². The second kappa shape index (κ2) is 15.8. The molecule has 222 valence electrons. The summed E-state index contributed by atoms with van der Waals surface area (Å²) < 4.78 is 0. The molecule has 0 bridgehead atoms. The average Bonchev–Trinajstić information content (AvgIpc) is 3.56. The number of benzene rings is 2. The van der Waals surface area contributed by atoms with Crippen LogP contribution in [0.15, 0.2) is 115 Å². The Morgan fingerprint density at radius 3 is 2.40 bits per heavy atom. The molecule has 1 aliphatic rings. The highest BCUT2D eigenvalue weighted by molar-refractivity contribution is 5.80. The predicted molar refractivity (Wildman–Crippen MR) is 179 cm³/mol. The fourth-order valence-corrected chi connectivity index (χ4v) is 5.40. The summed E-state index contributed by atoms with van der Waals surface area (Å²) in [6, 6.07) is 19.0. The summed E-state index contributed by atoms with van der Waals surface area (Å²) in [7, 11) is 2.01. The number of hydrogen-bond donors (Lipinski definition) is 1. The minimum Gasteiger partial charge on any atom is -0.373 e. The molecule has 5 heteroatoms. The van der Waals surface area contributed by atoms with Gasteiger partial charge in [0.2, 0.25) is 5.91 Å². The van der Waals surface area contributed by atoms with Gasteiger partial charge in [0.05, 0.1) is 0 Å². The SMILES string of the molecule is C=C/C(=C\C=C/C)c1ccc(C(C)(C(=C)N2CCCC2)N(C)/C=C(\N=C)NC(=O)C(C)CCCc2ccccc2)cc1. The second-order valence-corrected chi connectivity index (χ2v) is 11.2. The molecule has 2 unspecified atom stereocenters. The minimum absolute atomic E-state index is 0.0515. The van der Waals surface area contributed by atoms with E-state index in [0.29, 0.717) is 5.82 Å². The molecule has 2 aromatic carbocycles. The number of nitrogens with zero attached hydrogens (tertiary/aromatic N) is 3. The molecular formula is C37H48N4O. The summed E-state index contributed by atoms with van der Waals surface area (Å²) in [5, 5.41) is 3.01. The van der Waals surface area contributed by atoms with Crippen LogP contribution in [0.2, 0.25) is 0 Å². The van der Waals surface area contributed by atoms with E-state index in [9.17, 15) is 4.79 Å². The summed E-state index contributed by atoms with van der Waals surface area (Å²) in [6.07, 6.45) is 14.8. The Balaban J connectivity index is 1.81. The van der Waals surface area contributed by atoms with Crippen LogP contribution in [0.5, 0.6) is 0 Å². The van der Waals surface area contributed by atoms with E-state index >= 15 is 0 Å². The number of hydrogen-bond acceptors (Lipinski definition) is 4. The van der Waals surface area contributed by atoms with Crippen molar-refractivity contribution in [2.45, 2.75) is 58.4 Å². The van der Waals surface area contributed by atoms with E-state index in [-0.39, 0.29) is 11.8 Å². The van der Waals surface area contributed by atoms with Gasteiger partial charge in [0, 0.05) is 38.0 Å². The quantitative estimate of drug-likeness (QED) is 0.177. The number of nitrogens with one attached hydrogen (secondary N) is 1. The van der Waals surface area contributed by atoms with Crippen LogP contribution in [0.25, 0.3) is 5.57 Å². The molecule has 0 radical (unpaired) electrons. The Labute approximate surface area is 253 Å². The Hall–Kier alpha value is -4.12. The molecular weight excluding hydrogens is 516 g/mol.